The minimum Gasteiger partial charge on any atom is -0.423 e. The summed E-state index contributed by atoms with van der Waals surface area (Å²) in [5, 5.41) is 0.679. The third-order valence-corrected chi connectivity index (χ3v) is 4.34. The summed E-state index contributed by atoms with van der Waals surface area (Å²) >= 11 is 7.12. The van der Waals surface area contributed by atoms with E-state index in [0.717, 1.165) is 11.8 Å². The smallest absolute Gasteiger partial charge is 0.337 e. The quantitative estimate of drug-likeness (QED) is 0.630. The molecule has 106 valence electrons. The van der Waals surface area contributed by atoms with E-state index in [2.05, 4.69) is 0 Å². The Morgan fingerprint density at radius 2 is 1.67 bits per heavy atom. The topological polar surface area (TPSA) is 30.2 Å². The molecule has 0 aliphatic rings. The van der Waals surface area contributed by atoms with E-state index in [-0.39, 0.29) is 10.6 Å². The van der Waals surface area contributed by atoms with Crippen molar-refractivity contribution >= 4 is 34.3 Å². The van der Waals surface area contributed by atoms with Crippen LogP contribution in [0.15, 0.2) is 61.5 Å². The van der Waals surface area contributed by atoms with E-state index in [1.54, 1.807) is 0 Å². The molecule has 0 fully saturated rings. The van der Waals surface area contributed by atoms with Gasteiger partial charge in [0.05, 0.1) is 5.02 Å². The van der Waals surface area contributed by atoms with Crippen LogP contribution < -0.4 is 5.63 Å². The van der Waals surface area contributed by atoms with Gasteiger partial charge >= 0.3 is 5.63 Å². The molecule has 2 nitrogen and oxygen atoms in total. The monoisotopic (exact) mass is 324 g/mol. The molecule has 0 saturated heterocycles. The molecule has 0 spiro atoms. The summed E-state index contributed by atoms with van der Waals surface area (Å²) in [5.74, 6) is -0.892. The van der Waals surface area contributed by atoms with Gasteiger partial charge < -0.3 is 4.42 Å². The highest BCUT2D eigenvalue weighted by Gasteiger charge is 2.11. The first-order valence-electron chi connectivity index (χ1n) is 5.89. The molecule has 0 radical (unpaired) electrons. The van der Waals surface area contributed by atoms with Gasteiger partial charge in [-0.3, -0.25) is 0 Å². The SMILES string of the molecule is O=c1cc(Sc2ccc(F)cc2Cl)c2cc(F)ccc2o1. The lowest BCUT2D eigenvalue weighted by atomic mass is 10.2. The summed E-state index contributed by atoms with van der Waals surface area (Å²) in [6.07, 6.45) is 0. The Bertz CT molecular complexity index is 892. The van der Waals surface area contributed by atoms with Gasteiger partial charge in [0.1, 0.15) is 17.2 Å². The third kappa shape index (κ3) is 2.94. The van der Waals surface area contributed by atoms with Crippen LogP contribution in [0.2, 0.25) is 5.02 Å². The van der Waals surface area contributed by atoms with E-state index in [1.807, 2.05) is 0 Å². The molecule has 21 heavy (non-hydrogen) atoms. The summed E-state index contributed by atoms with van der Waals surface area (Å²) in [4.78, 5) is 12.6. The van der Waals surface area contributed by atoms with Crippen LogP contribution in [0.25, 0.3) is 11.0 Å². The maximum Gasteiger partial charge on any atom is 0.337 e. The van der Waals surface area contributed by atoms with E-state index in [9.17, 15) is 13.6 Å². The molecule has 0 N–H and O–H groups in total. The van der Waals surface area contributed by atoms with E-state index >= 15 is 0 Å². The van der Waals surface area contributed by atoms with Gasteiger partial charge in [0, 0.05) is 21.2 Å². The minimum absolute atomic E-state index is 0.220. The summed E-state index contributed by atoms with van der Waals surface area (Å²) in [5.41, 5.74) is -0.264. The second-order valence-corrected chi connectivity index (χ2v) is 5.74. The Hall–Kier alpha value is -1.85. The number of fused-ring (bicyclic) bond motifs is 1. The van der Waals surface area contributed by atoms with Crippen LogP contribution in [0.4, 0.5) is 8.78 Å². The zero-order chi connectivity index (χ0) is 15.0. The third-order valence-electron chi connectivity index (χ3n) is 2.78. The summed E-state index contributed by atoms with van der Waals surface area (Å²) in [6, 6.07) is 9.08. The highest BCUT2D eigenvalue weighted by molar-refractivity contribution is 7.99. The Morgan fingerprint density at radius 3 is 2.43 bits per heavy atom. The fourth-order valence-electron chi connectivity index (χ4n) is 1.87. The molecular weight excluding hydrogens is 318 g/mol. The molecular formula is C15H7ClF2O2S. The maximum absolute atomic E-state index is 13.4. The minimum atomic E-state index is -0.546. The lowest BCUT2D eigenvalue weighted by Gasteiger charge is -2.07. The highest BCUT2D eigenvalue weighted by Crippen LogP contribution is 2.36. The largest absolute Gasteiger partial charge is 0.423 e. The molecule has 0 atom stereocenters. The van der Waals surface area contributed by atoms with Crippen molar-refractivity contribution in [2.24, 2.45) is 0 Å². The van der Waals surface area contributed by atoms with Crippen molar-refractivity contribution in [1.29, 1.82) is 0 Å². The first kappa shape index (κ1) is 14.1. The fourth-order valence-corrected chi connectivity index (χ4v) is 3.10. The summed E-state index contributed by atoms with van der Waals surface area (Å²) in [6.45, 7) is 0. The number of benzene rings is 2. The van der Waals surface area contributed by atoms with Crippen LogP contribution in [0.5, 0.6) is 0 Å². The van der Waals surface area contributed by atoms with Crippen molar-refractivity contribution in [2.75, 3.05) is 0 Å². The number of rotatable bonds is 2. The van der Waals surface area contributed by atoms with Crippen molar-refractivity contribution < 1.29 is 13.2 Å². The Kier molecular flexibility index (Phi) is 3.69. The van der Waals surface area contributed by atoms with E-state index in [0.29, 0.717) is 15.2 Å². The van der Waals surface area contributed by atoms with Gasteiger partial charge in [-0.1, -0.05) is 23.4 Å². The van der Waals surface area contributed by atoms with E-state index < -0.39 is 17.3 Å². The van der Waals surface area contributed by atoms with Crippen LogP contribution in [0.3, 0.4) is 0 Å². The standard InChI is InChI=1S/C15H7ClF2O2S/c16-11-6-9(18)2-4-13(11)21-14-7-15(19)20-12-3-1-8(17)5-10(12)14/h1-7H. The number of halogens is 3. The Balaban J connectivity index is 2.15. The molecule has 0 aliphatic carbocycles. The molecule has 0 amide bonds. The predicted molar refractivity (Wildman–Crippen MR) is 78.0 cm³/mol. The van der Waals surface area contributed by atoms with Gasteiger partial charge in [-0.2, -0.15) is 0 Å². The van der Waals surface area contributed by atoms with Crippen molar-refractivity contribution in [3.63, 3.8) is 0 Å². The van der Waals surface area contributed by atoms with Crippen LogP contribution in [-0.2, 0) is 0 Å². The molecule has 2 aromatic carbocycles. The molecule has 3 aromatic rings. The Labute approximate surface area is 127 Å². The zero-order valence-corrected chi connectivity index (χ0v) is 12.0. The van der Waals surface area contributed by atoms with Crippen molar-refractivity contribution in [1.82, 2.24) is 0 Å². The molecule has 0 unspecified atom stereocenters. The van der Waals surface area contributed by atoms with Crippen molar-refractivity contribution in [3.8, 4) is 0 Å². The van der Waals surface area contributed by atoms with Crippen LogP contribution >= 0.6 is 23.4 Å². The molecule has 3 rings (SSSR count). The summed E-state index contributed by atoms with van der Waals surface area (Å²) in [7, 11) is 0. The zero-order valence-electron chi connectivity index (χ0n) is 10.4. The lowest BCUT2D eigenvalue weighted by Crippen LogP contribution is -1.97. The van der Waals surface area contributed by atoms with E-state index in [4.69, 9.17) is 16.0 Å². The van der Waals surface area contributed by atoms with Crippen molar-refractivity contribution in [2.45, 2.75) is 9.79 Å². The predicted octanol–water partition coefficient (Wildman–Crippen LogP) is 4.88. The van der Waals surface area contributed by atoms with Crippen LogP contribution in [0, 0.1) is 11.6 Å². The second-order valence-electron chi connectivity index (χ2n) is 4.25. The number of hydrogen-bond acceptors (Lipinski definition) is 3. The average molecular weight is 325 g/mol. The first-order chi connectivity index (χ1) is 10.0. The molecule has 0 saturated carbocycles. The van der Waals surface area contributed by atoms with Gasteiger partial charge in [-0.05, 0) is 36.4 Å². The molecule has 0 bridgehead atoms. The van der Waals surface area contributed by atoms with Gasteiger partial charge in [-0.25, -0.2) is 13.6 Å². The van der Waals surface area contributed by atoms with Gasteiger partial charge in [0.25, 0.3) is 0 Å². The number of hydrogen-bond donors (Lipinski definition) is 0. The summed E-state index contributed by atoms with van der Waals surface area (Å²) < 4.78 is 31.4. The van der Waals surface area contributed by atoms with Gasteiger partial charge in [0.2, 0.25) is 0 Å². The highest BCUT2D eigenvalue weighted by atomic mass is 35.5. The maximum atomic E-state index is 13.4. The normalized spacial score (nSPS) is 11.0. The Morgan fingerprint density at radius 1 is 0.952 bits per heavy atom. The molecule has 1 aromatic heterocycles. The lowest BCUT2D eigenvalue weighted by molar-refractivity contribution is 0.555. The van der Waals surface area contributed by atoms with E-state index in [1.165, 1.54) is 42.5 Å². The molecule has 1 heterocycles. The average Bonchev–Trinajstić information content (AvgIpc) is 2.42. The van der Waals surface area contributed by atoms with Crippen LogP contribution in [0.1, 0.15) is 0 Å². The fraction of sp³-hybridized carbons (Fsp3) is 0. The first-order valence-corrected chi connectivity index (χ1v) is 7.09. The van der Waals surface area contributed by atoms with Crippen LogP contribution in [-0.4, -0.2) is 0 Å². The van der Waals surface area contributed by atoms with Crippen molar-refractivity contribution in [3.05, 3.63) is 69.5 Å². The molecule has 0 aliphatic heterocycles. The second kappa shape index (κ2) is 5.50. The molecule has 6 heteroatoms. The van der Waals surface area contributed by atoms with Gasteiger partial charge in [0.15, 0.2) is 0 Å². The van der Waals surface area contributed by atoms with Gasteiger partial charge in [-0.15, -0.1) is 0 Å².